The van der Waals surface area contributed by atoms with E-state index < -0.39 is 5.41 Å². The third kappa shape index (κ3) is 4.67. The van der Waals surface area contributed by atoms with E-state index in [4.69, 9.17) is 9.47 Å². The number of para-hydroxylation sites is 4. The Bertz CT molecular complexity index is 2530. The molecule has 8 aromatic rings. The van der Waals surface area contributed by atoms with Crippen molar-refractivity contribution in [2.24, 2.45) is 0 Å². The van der Waals surface area contributed by atoms with Gasteiger partial charge in [0.15, 0.2) is 0 Å². The maximum Gasteiger partial charge on any atom is 0.134 e. The van der Waals surface area contributed by atoms with Crippen LogP contribution < -0.4 is 14.4 Å². The van der Waals surface area contributed by atoms with Crippen molar-refractivity contribution in [1.82, 2.24) is 0 Å². The molecule has 1 spiro atoms. The predicted molar refractivity (Wildman–Crippen MR) is 210 cm³/mol. The Labute approximate surface area is 303 Å². The highest BCUT2D eigenvalue weighted by Crippen LogP contribution is 2.61. The Kier molecular flexibility index (Phi) is 7.04. The Balaban J connectivity index is 1.23. The maximum absolute atomic E-state index is 6.94. The van der Waals surface area contributed by atoms with E-state index in [1.165, 1.54) is 5.56 Å². The lowest BCUT2D eigenvalue weighted by Crippen LogP contribution is -2.36. The molecule has 0 aromatic heterocycles. The summed E-state index contributed by atoms with van der Waals surface area (Å²) in [6.07, 6.45) is 0. The molecular formula is C49H33NO2. The zero-order valence-corrected chi connectivity index (χ0v) is 28.3. The minimum Gasteiger partial charge on any atom is -0.457 e. The van der Waals surface area contributed by atoms with Crippen molar-refractivity contribution < 1.29 is 9.47 Å². The number of rotatable bonds is 5. The van der Waals surface area contributed by atoms with Crippen molar-refractivity contribution in [3.8, 4) is 45.3 Å². The van der Waals surface area contributed by atoms with Crippen molar-refractivity contribution in [2.45, 2.75) is 5.41 Å². The van der Waals surface area contributed by atoms with Crippen LogP contribution >= 0.6 is 0 Å². The number of anilines is 3. The van der Waals surface area contributed by atoms with Gasteiger partial charge in [0.05, 0.1) is 11.1 Å². The summed E-state index contributed by atoms with van der Waals surface area (Å²) < 4.78 is 13.5. The third-order valence-electron chi connectivity index (χ3n) is 10.4. The summed E-state index contributed by atoms with van der Waals surface area (Å²) in [4.78, 5) is 2.36. The second kappa shape index (κ2) is 12.2. The molecule has 2 aliphatic rings. The number of ether oxygens (including phenoxy) is 2. The molecule has 0 bridgehead atoms. The summed E-state index contributed by atoms with van der Waals surface area (Å²) in [5, 5.41) is 0. The van der Waals surface area contributed by atoms with E-state index in [1.54, 1.807) is 0 Å². The largest absolute Gasteiger partial charge is 0.457 e. The van der Waals surface area contributed by atoms with E-state index in [2.05, 4.69) is 193 Å². The van der Waals surface area contributed by atoms with Crippen molar-refractivity contribution in [3.05, 3.63) is 222 Å². The monoisotopic (exact) mass is 667 g/mol. The standard InChI is InChI=1S/C49H33NO2/c1-3-16-34(17-4-1)36-20-15-21-37(32-36)50(44-26-11-7-22-39(44)35-18-5-2-6-19-35)38-30-31-43-48(33-38)52-47-29-14-10-25-42(47)49(43)40-23-8-12-27-45(40)51-46-28-13-9-24-41(46)49/h1-33H. The van der Waals surface area contributed by atoms with Crippen LogP contribution in [0.5, 0.6) is 23.0 Å². The first kappa shape index (κ1) is 30.0. The molecule has 0 fully saturated rings. The van der Waals surface area contributed by atoms with Gasteiger partial charge in [-0.15, -0.1) is 0 Å². The Morgan fingerprint density at radius 3 is 1.46 bits per heavy atom. The van der Waals surface area contributed by atoms with Crippen LogP contribution in [0.4, 0.5) is 17.1 Å². The van der Waals surface area contributed by atoms with E-state index in [0.717, 1.165) is 79.0 Å². The number of nitrogens with zero attached hydrogens (tertiary/aromatic N) is 1. The topological polar surface area (TPSA) is 21.7 Å². The molecule has 246 valence electrons. The van der Waals surface area contributed by atoms with Gasteiger partial charge in [-0.1, -0.05) is 152 Å². The second-order valence-electron chi connectivity index (χ2n) is 13.3. The van der Waals surface area contributed by atoms with E-state index in [1.807, 2.05) is 12.1 Å². The summed E-state index contributed by atoms with van der Waals surface area (Å²) in [7, 11) is 0. The first-order valence-electron chi connectivity index (χ1n) is 17.7. The van der Waals surface area contributed by atoms with Gasteiger partial charge in [-0.05, 0) is 59.2 Å². The number of benzene rings is 8. The second-order valence-corrected chi connectivity index (χ2v) is 13.3. The first-order valence-corrected chi connectivity index (χ1v) is 17.7. The van der Waals surface area contributed by atoms with Crippen molar-refractivity contribution in [2.75, 3.05) is 4.90 Å². The molecule has 2 aliphatic heterocycles. The Morgan fingerprint density at radius 1 is 0.327 bits per heavy atom. The van der Waals surface area contributed by atoms with Crippen LogP contribution in [0.15, 0.2) is 200 Å². The van der Waals surface area contributed by atoms with Gasteiger partial charge in [0.25, 0.3) is 0 Å². The molecule has 0 atom stereocenters. The first-order chi connectivity index (χ1) is 25.8. The SMILES string of the molecule is c1ccc(-c2cccc(N(c3ccc4c(c3)Oc3ccccc3C43c4ccccc4Oc4ccccc43)c3ccccc3-c3ccccc3)c2)cc1. The van der Waals surface area contributed by atoms with Crippen molar-refractivity contribution in [1.29, 1.82) is 0 Å². The van der Waals surface area contributed by atoms with Crippen LogP contribution in [0.2, 0.25) is 0 Å². The summed E-state index contributed by atoms with van der Waals surface area (Å²) in [6.45, 7) is 0. The van der Waals surface area contributed by atoms with Crippen LogP contribution in [-0.2, 0) is 5.41 Å². The minimum absolute atomic E-state index is 0.645. The van der Waals surface area contributed by atoms with Crippen LogP contribution in [0.1, 0.15) is 22.3 Å². The quantitative estimate of drug-likeness (QED) is 0.182. The van der Waals surface area contributed by atoms with Crippen LogP contribution in [0.25, 0.3) is 22.3 Å². The molecular weight excluding hydrogens is 635 g/mol. The van der Waals surface area contributed by atoms with Gasteiger partial charge in [0, 0.05) is 45.3 Å². The lowest BCUT2D eigenvalue weighted by Gasteiger charge is -2.45. The molecule has 0 amide bonds. The average Bonchev–Trinajstić information content (AvgIpc) is 3.22. The third-order valence-corrected chi connectivity index (χ3v) is 10.4. The number of hydrogen-bond donors (Lipinski definition) is 0. The highest BCUT2D eigenvalue weighted by atomic mass is 16.5. The fourth-order valence-electron chi connectivity index (χ4n) is 8.16. The predicted octanol–water partition coefficient (Wildman–Crippen LogP) is 13.1. The molecule has 0 N–H and O–H groups in total. The lowest BCUT2D eigenvalue weighted by atomic mass is 9.62. The zero-order chi connectivity index (χ0) is 34.5. The van der Waals surface area contributed by atoms with Gasteiger partial charge >= 0.3 is 0 Å². The molecule has 10 rings (SSSR count). The van der Waals surface area contributed by atoms with Gasteiger partial charge in [-0.25, -0.2) is 0 Å². The summed E-state index contributed by atoms with van der Waals surface area (Å²) >= 11 is 0. The van der Waals surface area contributed by atoms with Gasteiger partial charge in [-0.2, -0.15) is 0 Å². The smallest absolute Gasteiger partial charge is 0.134 e. The fraction of sp³-hybridized carbons (Fsp3) is 0.0204. The van der Waals surface area contributed by atoms with Gasteiger partial charge in [0.1, 0.15) is 23.0 Å². The Hall–Kier alpha value is -6.84. The van der Waals surface area contributed by atoms with Gasteiger partial charge in [-0.3, -0.25) is 0 Å². The summed E-state index contributed by atoms with van der Waals surface area (Å²) in [5.74, 6) is 3.35. The Morgan fingerprint density at radius 2 is 0.808 bits per heavy atom. The molecule has 0 aliphatic carbocycles. The molecule has 3 nitrogen and oxygen atoms in total. The normalized spacial score (nSPS) is 13.1. The molecule has 2 heterocycles. The van der Waals surface area contributed by atoms with Crippen LogP contribution in [0.3, 0.4) is 0 Å². The maximum atomic E-state index is 6.94. The molecule has 3 heteroatoms. The molecule has 0 saturated carbocycles. The highest BCUT2D eigenvalue weighted by Gasteiger charge is 2.50. The molecule has 52 heavy (non-hydrogen) atoms. The lowest BCUT2D eigenvalue weighted by molar-refractivity contribution is 0.399. The fourth-order valence-corrected chi connectivity index (χ4v) is 8.16. The number of fused-ring (bicyclic) bond motifs is 8. The van der Waals surface area contributed by atoms with E-state index in [0.29, 0.717) is 0 Å². The van der Waals surface area contributed by atoms with Crippen molar-refractivity contribution in [3.63, 3.8) is 0 Å². The van der Waals surface area contributed by atoms with Crippen LogP contribution in [0, 0.1) is 0 Å². The highest BCUT2D eigenvalue weighted by molar-refractivity contribution is 5.90. The van der Waals surface area contributed by atoms with Crippen LogP contribution in [-0.4, -0.2) is 0 Å². The van der Waals surface area contributed by atoms with Crippen molar-refractivity contribution >= 4 is 17.1 Å². The molecule has 0 unspecified atom stereocenters. The average molecular weight is 668 g/mol. The van der Waals surface area contributed by atoms with E-state index >= 15 is 0 Å². The molecule has 0 saturated heterocycles. The number of hydrogen-bond acceptors (Lipinski definition) is 3. The van der Waals surface area contributed by atoms with Gasteiger partial charge in [0.2, 0.25) is 0 Å². The zero-order valence-electron chi connectivity index (χ0n) is 28.3. The summed E-state index contributed by atoms with van der Waals surface area (Å²) in [6, 6.07) is 70.6. The van der Waals surface area contributed by atoms with Gasteiger partial charge < -0.3 is 14.4 Å². The summed E-state index contributed by atoms with van der Waals surface area (Å²) in [5.41, 5.74) is 11.5. The molecule has 8 aromatic carbocycles. The van der Waals surface area contributed by atoms with E-state index in [9.17, 15) is 0 Å². The van der Waals surface area contributed by atoms with E-state index in [-0.39, 0.29) is 0 Å². The minimum atomic E-state index is -0.645. The molecule has 0 radical (unpaired) electrons.